The lowest BCUT2D eigenvalue weighted by atomic mass is 9.93. The van der Waals surface area contributed by atoms with Gasteiger partial charge in [-0.05, 0) is 6.92 Å². The minimum Gasteiger partial charge on any atom is -0.394 e. The Balaban J connectivity index is 0.993. The maximum atomic E-state index is 13.7. The summed E-state index contributed by atoms with van der Waals surface area (Å²) in [5.41, 5.74) is 0. The predicted molar refractivity (Wildman–Crippen MR) is 463 cm³/mol. The molecule has 150 heavy (non-hydrogen) atoms. The van der Waals surface area contributed by atoms with Crippen LogP contribution in [0.25, 0.3) is 0 Å². The van der Waals surface area contributed by atoms with Gasteiger partial charge in [0.25, 0.3) is 0 Å². The lowest BCUT2D eigenvalue weighted by Gasteiger charge is -2.52. The van der Waals surface area contributed by atoms with Gasteiger partial charge in [-0.1, -0.05) is 0 Å². The number of carbonyl (C=O) groups excluding carboxylic acids is 6. The molecule has 12 heterocycles. The fraction of sp³-hybridized carbons (Fsp3) is 0.929. The van der Waals surface area contributed by atoms with E-state index < -0.39 is 476 Å². The summed E-state index contributed by atoms with van der Waals surface area (Å²) in [6.07, 6.45) is -120. The normalized spacial score (nSPS) is 48.8. The van der Waals surface area contributed by atoms with Crippen molar-refractivity contribution < 1.29 is 296 Å². The van der Waals surface area contributed by atoms with Crippen molar-refractivity contribution in [2.75, 3.05) is 72.7 Å². The van der Waals surface area contributed by atoms with Gasteiger partial charge in [0.05, 0.1) is 78.8 Å². The second kappa shape index (κ2) is 54.0. The van der Waals surface area contributed by atoms with E-state index in [9.17, 15) is 187 Å². The van der Waals surface area contributed by atoms with Crippen molar-refractivity contribution in [3.8, 4) is 0 Å². The van der Waals surface area contributed by atoms with Crippen molar-refractivity contribution in [1.29, 1.82) is 0 Å². The van der Waals surface area contributed by atoms with E-state index in [1.54, 1.807) is 0 Å². The van der Waals surface area contributed by atoms with Gasteiger partial charge in [-0.25, -0.2) is 0 Å². The van der Waals surface area contributed by atoms with Crippen molar-refractivity contribution in [1.82, 2.24) is 31.9 Å². The molecule has 0 radical (unpaired) electrons. The molecule has 0 bridgehead atoms. The molecule has 0 aliphatic carbocycles. The zero-order valence-corrected chi connectivity index (χ0v) is 81.1. The molecule has 12 aliphatic heterocycles. The van der Waals surface area contributed by atoms with Crippen LogP contribution < -0.4 is 31.9 Å². The third-order valence-electron chi connectivity index (χ3n) is 27.4. The molecule has 0 aromatic rings. The van der Waals surface area contributed by atoms with Gasteiger partial charge in [0, 0.05) is 41.5 Å². The smallest absolute Gasteiger partial charge is 0.217 e. The maximum absolute atomic E-state index is 13.7. The number of rotatable bonds is 39. The van der Waals surface area contributed by atoms with Crippen molar-refractivity contribution in [2.24, 2.45) is 0 Å². The molecular weight excluding hydrogens is 2050 g/mol. The van der Waals surface area contributed by atoms with Crippen LogP contribution in [0, 0.1) is 0 Å². The minimum absolute atomic E-state index is 0.863. The molecule has 0 saturated carbocycles. The number of hydrogen-bond acceptors (Lipinski definition) is 60. The molecule has 12 rings (SSSR count). The Labute approximate surface area is 849 Å². The summed E-state index contributed by atoms with van der Waals surface area (Å²) in [7, 11) is 0. The number of hydrogen-bond donors (Lipinski definition) is 37. The van der Waals surface area contributed by atoms with Crippen molar-refractivity contribution in [3.63, 3.8) is 0 Å². The first-order chi connectivity index (χ1) is 70.9. The highest BCUT2D eigenvalue weighted by Crippen LogP contribution is 2.43. The van der Waals surface area contributed by atoms with Crippen molar-refractivity contribution in [3.05, 3.63) is 0 Å². The molecule has 0 aromatic carbocycles. The highest BCUT2D eigenvalue weighted by Gasteiger charge is 2.64. The summed E-state index contributed by atoms with van der Waals surface area (Å²) in [5.74, 6) is -6.08. The topological polar surface area (TPSA) is 1010 Å². The lowest BCUT2D eigenvalue weighted by molar-refractivity contribution is -0.409. The van der Waals surface area contributed by atoms with Crippen LogP contribution >= 0.6 is 0 Å². The van der Waals surface area contributed by atoms with Gasteiger partial charge in [0.15, 0.2) is 75.5 Å². The van der Waals surface area contributed by atoms with Crippen molar-refractivity contribution in [2.45, 2.75) is 417 Å². The third-order valence-corrected chi connectivity index (χ3v) is 27.4. The van der Waals surface area contributed by atoms with E-state index in [1.165, 1.54) is 6.92 Å². The Morgan fingerprint density at radius 1 is 0.187 bits per heavy atom. The Morgan fingerprint density at radius 3 is 0.813 bits per heavy atom. The SMILES string of the molecule is CC(=O)N[C@@H]1[C@@H](O)[C@H](O[C@@H]2O[C@H](CO)[C@@H](O[C@@H]3O[C@H](CO[C@@H]4O[C@H](CO[C@@H]5O[C@H](CO)[C@@H](O)[C@H](O)[C@H]5NC(C)=O)[C@@H](O)[C@H](O)[C@@H]4O[C@@H]4O[C@H](CO)[C@@H](O[C@@H]5O[C@H](CO)[C@H](O)[C@H](O)[C@H]5O)[C@H](O)[C@H]4NC(C)=O)[C@@H](O[C@@H]4O[C@H](CO)[C@@H](O)[C@H](O)[C@H]4NC(C)=O)[C@H](O[C@@H]4O[C@H](CO)[C@@H](O)[C@H](O)[C@@H]4O[C@@H]4O[C@H](CO)[C@@H](O[C@@H]5O[C@H](CO)[C@H](O)[C@H](O)[C@H]5O)[C@H](O)[C@H]4NC(C)=O)[C@@H]3O)[C@H](O)[C@H]2NC(C)=O)[C@@H](CO[C@@H]2O[C@@H](C)[C@@H](O)[C@@H](O)[C@@H]2O)O[C@H]1O. The standard InChI is InChI=1S/C84H140N6O60/c1-19-43(105)56(118)61(123)79(131-19)129-17-35-68(52(114)37(73(127)132-35)85-20(2)99)143-76-40(88-23(5)102)53(115)67(33(15-98)138-76)146-82-64(126)70(148-84-72(59(121)48(110)30(12-95)137-84)150-78-42(90-25(7)104)55(117)66(32(14-97)140-78)145-81-63(125)58(120)47(109)29(11-94)136-81)69(147-75-39(87-22(4)101)51(113)45(107)27(9-92)134-75)36(142-82)18-130-83-71(60(122)49(111)34(141-83)16-128-74-38(86-21(3)100)50(112)44(106)26(8-91)133-74)149-77-41(89-24(6)103)54(116)65(31(13-96)139-77)144-80-62(124)57(119)46(108)28(10-93)135-80/h19,26-84,91-98,105-127H,8-18H2,1-7H3,(H,85,99)(H,86,100)(H,87,101)(H,88,102)(H,89,103)(H,90,104)/t19-,26+,27+,28+,29+,30+,31+,32+,33+,34+,35+,36+,37+,38+,39+,40+,41+,42+,43+,44+,45+,46-,47-,48+,49+,50+,51+,52+,53+,54+,55+,56+,57-,58-,59-,60-,61-,62+,63+,64-,65+,66+,67+,68+,69+,70+,71-,72-,73+,74+,75-,76-,77-,78-,79+,80-,81-,82-,83+,84-/m0/s1. The molecule has 66 nitrogen and oxygen atoms in total. The van der Waals surface area contributed by atoms with Gasteiger partial charge >= 0.3 is 0 Å². The summed E-state index contributed by atoms with van der Waals surface area (Å²) in [6, 6.07) is -12.2. The summed E-state index contributed by atoms with van der Waals surface area (Å²) in [5, 5.41) is 368. The van der Waals surface area contributed by atoms with Gasteiger partial charge in [0.2, 0.25) is 35.4 Å². The average Bonchev–Trinajstić information content (AvgIpc) is 0.754. The Bertz CT molecular complexity index is 4250. The Morgan fingerprint density at radius 2 is 0.420 bits per heavy atom. The van der Waals surface area contributed by atoms with Gasteiger partial charge in [0.1, 0.15) is 287 Å². The summed E-state index contributed by atoms with van der Waals surface area (Å²) >= 11 is 0. The number of nitrogens with one attached hydrogen (secondary N) is 6. The van der Waals surface area contributed by atoms with Crippen LogP contribution in [0.2, 0.25) is 0 Å². The van der Waals surface area contributed by atoms with Gasteiger partial charge < -0.3 is 299 Å². The number of carbonyl (C=O) groups is 6. The van der Waals surface area contributed by atoms with Gasteiger partial charge in [-0.15, -0.1) is 0 Å². The van der Waals surface area contributed by atoms with Crippen LogP contribution in [0.3, 0.4) is 0 Å². The fourth-order valence-electron chi connectivity index (χ4n) is 19.5. The lowest BCUT2D eigenvalue weighted by Crippen LogP contribution is -2.72. The molecule has 6 amide bonds. The number of aliphatic hydroxyl groups excluding tert-OH is 31. The van der Waals surface area contributed by atoms with Crippen LogP contribution in [0.4, 0.5) is 0 Å². The molecule has 12 saturated heterocycles. The van der Waals surface area contributed by atoms with E-state index in [2.05, 4.69) is 31.9 Å². The number of amides is 6. The molecule has 60 atom stereocenters. The van der Waals surface area contributed by atoms with Crippen LogP contribution in [-0.2, 0) is 138 Å². The first kappa shape index (κ1) is 123. The summed E-state index contributed by atoms with van der Waals surface area (Å²) in [4.78, 5) is 79.3. The number of ether oxygens (including phenoxy) is 23. The molecule has 12 aliphatic rings. The summed E-state index contributed by atoms with van der Waals surface area (Å²) in [6.45, 7) is -6.60. The van der Waals surface area contributed by atoms with E-state index in [-0.39, 0.29) is 0 Å². The first-order valence-corrected chi connectivity index (χ1v) is 48.0. The summed E-state index contributed by atoms with van der Waals surface area (Å²) < 4.78 is 141. The van der Waals surface area contributed by atoms with E-state index in [4.69, 9.17) is 109 Å². The molecule has 0 unspecified atom stereocenters. The minimum atomic E-state index is -2.91. The molecule has 12 fully saturated rings. The average molecular weight is 2190 g/mol. The largest absolute Gasteiger partial charge is 0.394 e. The highest BCUT2D eigenvalue weighted by atomic mass is 16.8. The van der Waals surface area contributed by atoms with Crippen LogP contribution in [0.15, 0.2) is 0 Å². The first-order valence-electron chi connectivity index (χ1n) is 48.0. The van der Waals surface area contributed by atoms with Crippen LogP contribution in [-0.4, -0.2) is 635 Å². The predicted octanol–water partition coefficient (Wildman–Crippen LogP) is -25.3. The maximum Gasteiger partial charge on any atom is 0.217 e. The highest BCUT2D eigenvalue weighted by molar-refractivity contribution is 5.75. The molecule has 866 valence electrons. The van der Waals surface area contributed by atoms with E-state index >= 15 is 0 Å². The second-order valence-corrected chi connectivity index (χ2v) is 38.1. The molecule has 66 heteroatoms. The molecule has 0 spiro atoms. The van der Waals surface area contributed by atoms with Gasteiger partial charge in [-0.2, -0.15) is 0 Å². The van der Waals surface area contributed by atoms with E-state index in [0.29, 0.717) is 0 Å². The molecule has 37 N–H and O–H groups in total. The Kier molecular flexibility index (Phi) is 44.4. The monoisotopic (exact) mass is 2190 g/mol. The second-order valence-electron chi connectivity index (χ2n) is 38.1. The molecule has 0 aromatic heterocycles. The van der Waals surface area contributed by atoms with Crippen LogP contribution in [0.1, 0.15) is 48.5 Å². The van der Waals surface area contributed by atoms with E-state index in [0.717, 1.165) is 41.5 Å². The quantitative estimate of drug-likeness (QED) is 0.0272. The zero-order valence-electron chi connectivity index (χ0n) is 81.1. The van der Waals surface area contributed by atoms with Crippen molar-refractivity contribution >= 4 is 35.4 Å². The van der Waals surface area contributed by atoms with Crippen LogP contribution in [0.5, 0.6) is 0 Å². The molecular formula is C84H140N6O60. The van der Waals surface area contributed by atoms with E-state index in [1.807, 2.05) is 0 Å². The fourth-order valence-corrected chi connectivity index (χ4v) is 19.5. The Hall–Kier alpha value is -5.34. The van der Waals surface area contributed by atoms with Gasteiger partial charge in [-0.3, -0.25) is 28.8 Å². The number of aliphatic hydroxyl groups is 31. The zero-order chi connectivity index (χ0) is 110. The third kappa shape index (κ3) is 27.7.